The third-order valence-electron chi connectivity index (χ3n) is 3.16. The van der Waals surface area contributed by atoms with Gasteiger partial charge in [0.25, 0.3) is 0 Å². The van der Waals surface area contributed by atoms with Crippen molar-refractivity contribution in [3.8, 4) is 17.9 Å². The molecule has 1 aromatic rings. The monoisotopic (exact) mass is 284 g/mol. The first-order valence-corrected chi connectivity index (χ1v) is 6.56. The molecular weight excluding hydrogens is 268 g/mol. The molecule has 0 aromatic heterocycles. The third kappa shape index (κ3) is 3.65. The number of morpholine rings is 1. The lowest BCUT2D eigenvalue weighted by Gasteiger charge is -2.30. The SMILES string of the molecule is COc1cc(NC=C(C#N)C#N)ccc1N1CCOCC1. The minimum Gasteiger partial charge on any atom is -0.495 e. The number of hydrogen-bond donors (Lipinski definition) is 1. The van der Waals surface area contributed by atoms with Gasteiger partial charge in [-0.25, -0.2) is 0 Å². The fourth-order valence-electron chi connectivity index (χ4n) is 2.08. The van der Waals surface area contributed by atoms with E-state index in [0.717, 1.165) is 30.2 Å². The molecule has 0 saturated carbocycles. The van der Waals surface area contributed by atoms with Crippen LogP contribution in [0.5, 0.6) is 5.75 Å². The van der Waals surface area contributed by atoms with Crippen LogP contribution in [-0.4, -0.2) is 33.4 Å². The Labute approximate surface area is 123 Å². The van der Waals surface area contributed by atoms with Crippen LogP contribution in [0.15, 0.2) is 30.0 Å². The van der Waals surface area contributed by atoms with Crippen molar-refractivity contribution in [2.45, 2.75) is 0 Å². The van der Waals surface area contributed by atoms with E-state index in [2.05, 4.69) is 10.2 Å². The maximum atomic E-state index is 8.70. The molecule has 1 aliphatic rings. The summed E-state index contributed by atoms with van der Waals surface area (Å²) in [6.07, 6.45) is 1.38. The summed E-state index contributed by atoms with van der Waals surface area (Å²) in [7, 11) is 1.62. The molecule has 1 fully saturated rings. The summed E-state index contributed by atoms with van der Waals surface area (Å²) >= 11 is 0. The van der Waals surface area contributed by atoms with Gasteiger partial charge < -0.3 is 19.7 Å². The van der Waals surface area contributed by atoms with Crippen LogP contribution >= 0.6 is 0 Å². The summed E-state index contributed by atoms with van der Waals surface area (Å²) < 4.78 is 10.8. The zero-order chi connectivity index (χ0) is 15.1. The normalized spacial score (nSPS) is 13.8. The van der Waals surface area contributed by atoms with Crippen LogP contribution in [0.4, 0.5) is 11.4 Å². The number of nitrogens with one attached hydrogen (secondary N) is 1. The quantitative estimate of drug-likeness (QED) is 0.850. The van der Waals surface area contributed by atoms with Gasteiger partial charge in [0.2, 0.25) is 0 Å². The highest BCUT2D eigenvalue weighted by Crippen LogP contribution is 2.31. The number of anilines is 2. The molecule has 0 aliphatic carbocycles. The van der Waals surface area contributed by atoms with Crippen molar-refractivity contribution in [1.82, 2.24) is 0 Å². The molecule has 0 radical (unpaired) electrons. The molecule has 1 aliphatic heterocycles. The van der Waals surface area contributed by atoms with E-state index in [1.165, 1.54) is 6.20 Å². The molecule has 1 N–H and O–H groups in total. The van der Waals surface area contributed by atoms with E-state index in [1.807, 2.05) is 18.2 Å². The van der Waals surface area contributed by atoms with Crippen molar-refractivity contribution in [2.75, 3.05) is 43.6 Å². The number of ether oxygens (including phenoxy) is 2. The van der Waals surface area contributed by atoms with Crippen LogP contribution in [0.2, 0.25) is 0 Å². The minimum absolute atomic E-state index is 0.0197. The molecule has 108 valence electrons. The van der Waals surface area contributed by atoms with E-state index in [4.69, 9.17) is 20.0 Å². The first-order chi connectivity index (χ1) is 10.3. The first-order valence-electron chi connectivity index (χ1n) is 6.56. The van der Waals surface area contributed by atoms with Crippen LogP contribution < -0.4 is 15.0 Å². The molecule has 1 aromatic carbocycles. The average molecular weight is 284 g/mol. The van der Waals surface area contributed by atoms with Crippen LogP contribution in [0.1, 0.15) is 0 Å². The molecule has 2 rings (SSSR count). The van der Waals surface area contributed by atoms with Crippen LogP contribution in [0.3, 0.4) is 0 Å². The molecular formula is C15H16N4O2. The van der Waals surface area contributed by atoms with Gasteiger partial charge in [0, 0.05) is 31.0 Å². The van der Waals surface area contributed by atoms with E-state index in [9.17, 15) is 0 Å². The summed E-state index contributed by atoms with van der Waals surface area (Å²) in [6.45, 7) is 3.07. The van der Waals surface area contributed by atoms with Crippen molar-refractivity contribution in [2.24, 2.45) is 0 Å². The van der Waals surface area contributed by atoms with Crippen molar-refractivity contribution in [3.63, 3.8) is 0 Å². The van der Waals surface area contributed by atoms with Gasteiger partial charge in [-0.3, -0.25) is 0 Å². The Balaban J connectivity index is 2.18. The summed E-state index contributed by atoms with van der Waals surface area (Å²) in [5.74, 6) is 0.741. The average Bonchev–Trinajstić information content (AvgIpc) is 2.56. The molecule has 0 atom stereocenters. The lowest BCUT2D eigenvalue weighted by atomic mass is 10.2. The van der Waals surface area contributed by atoms with Gasteiger partial charge in [0.1, 0.15) is 23.5 Å². The fraction of sp³-hybridized carbons (Fsp3) is 0.333. The molecule has 0 amide bonds. The fourth-order valence-corrected chi connectivity index (χ4v) is 2.08. The topological polar surface area (TPSA) is 81.3 Å². The second-order valence-electron chi connectivity index (χ2n) is 4.41. The number of nitrogens with zero attached hydrogens (tertiary/aromatic N) is 3. The highest BCUT2D eigenvalue weighted by Gasteiger charge is 2.15. The molecule has 0 spiro atoms. The van der Waals surface area contributed by atoms with E-state index in [-0.39, 0.29) is 5.57 Å². The molecule has 6 nitrogen and oxygen atoms in total. The van der Waals surface area contributed by atoms with E-state index >= 15 is 0 Å². The summed E-state index contributed by atoms with van der Waals surface area (Å²) in [4.78, 5) is 2.21. The Hall–Kier alpha value is -2.70. The highest BCUT2D eigenvalue weighted by atomic mass is 16.5. The van der Waals surface area contributed by atoms with Gasteiger partial charge >= 0.3 is 0 Å². The standard InChI is InChI=1S/C15H16N4O2/c1-20-15-8-13(18-11-12(9-16)10-17)2-3-14(15)19-4-6-21-7-5-19/h2-3,8,11,18H,4-7H2,1H3. The number of hydrogen-bond acceptors (Lipinski definition) is 6. The second kappa shape index (κ2) is 7.18. The summed E-state index contributed by atoms with van der Waals surface area (Å²) in [6, 6.07) is 9.28. The van der Waals surface area contributed by atoms with Crippen molar-refractivity contribution < 1.29 is 9.47 Å². The molecule has 1 heterocycles. The highest BCUT2D eigenvalue weighted by molar-refractivity contribution is 5.66. The van der Waals surface area contributed by atoms with Gasteiger partial charge in [-0.2, -0.15) is 10.5 Å². The third-order valence-corrected chi connectivity index (χ3v) is 3.16. The number of methoxy groups -OCH3 is 1. The Morgan fingerprint density at radius 1 is 1.33 bits per heavy atom. The van der Waals surface area contributed by atoms with E-state index in [0.29, 0.717) is 13.2 Å². The Morgan fingerprint density at radius 2 is 2.05 bits per heavy atom. The van der Waals surface area contributed by atoms with Crippen LogP contribution in [0, 0.1) is 22.7 Å². The zero-order valence-corrected chi connectivity index (χ0v) is 11.8. The lowest BCUT2D eigenvalue weighted by molar-refractivity contribution is 0.122. The lowest BCUT2D eigenvalue weighted by Crippen LogP contribution is -2.36. The van der Waals surface area contributed by atoms with Gasteiger partial charge in [0.15, 0.2) is 0 Å². The second-order valence-corrected chi connectivity index (χ2v) is 4.41. The summed E-state index contributed by atoms with van der Waals surface area (Å²) in [5.41, 5.74) is 1.79. The zero-order valence-electron chi connectivity index (χ0n) is 11.8. The Bertz CT molecular complexity index is 591. The number of nitriles is 2. The Kier molecular flexibility index (Phi) is 5.03. The smallest absolute Gasteiger partial charge is 0.145 e. The van der Waals surface area contributed by atoms with E-state index < -0.39 is 0 Å². The van der Waals surface area contributed by atoms with Gasteiger partial charge in [-0.1, -0.05) is 0 Å². The van der Waals surface area contributed by atoms with Gasteiger partial charge in [-0.05, 0) is 12.1 Å². The molecule has 0 unspecified atom stereocenters. The molecule has 1 saturated heterocycles. The van der Waals surface area contributed by atoms with Crippen LogP contribution in [0.25, 0.3) is 0 Å². The largest absolute Gasteiger partial charge is 0.495 e. The van der Waals surface area contributed by atoms with Crippen LogP contribution in [-0.2, 0) is 4.74 Å². The first kappa shape index (κ1) is 14.7. The van der Waals surface area contributed by atoms with Crippen molar-refractivity contribution in [1.29, 1.82) is 10.5 Å². The molecule has 6 heteroatoms. The number of benzene rings is 1. The Morgan fingerprint density at radius 3 is 2.67 bits per heavy atom. The predicted molar refractivity (Wildman–Crippen MR) is 79.0 cm³/mol. The van der Waals surface area contributed by atoms with Gasteiger partial charge in [-0.15, -0.1) is 0 Å². The van der Waals surface area contributed by atoms with Crippen molar-refractivity contribution in [3.05, 3.63) is 30.0 Å². The molecule has 21 heavy (non-hydrogen) atoms. The number of rotatable bonds is 4. The minimum atomic E-state index is 0.0197. The van der Waals surface area contributed by atoms with Gasteiger partial charge in [0.05, 0.1) is 26.0 Å². The van der Waals surface area contributed by atoms with E-state index in [1.54, 1.807) is 19.2 Å². The number of allylic oxidation sites excluding steroid dienone is 1. The maximum absolute atomic E-state index is 8.70. The molecule has 0 bridgehead atoms. The van der Waals surface area contributed by atoms with Crippen molar-refractivity contribution >= 4 is 11.4 Å². The summed E-state index contributed by atoms with van der Waals surface area (Å²) in [5, 5.41) is 20.3. The predicted octanol–water partition coefficient (Wildman–Crippen LogP) is 1.87. The maximum Gasteiger partial charge on any atom is 0.145 e.